The first-order valence-electron chi connectivity index (χ1n) is 9.70. The van der Waals surface area contributed by atoms with Gasteiger partial charge in [0.05, 0.1) is 31.0 Å². The van der Waals surface area contributed by atoms with Gasteiger partial charge in [-0.15, -0.1) is 0 Å². The first-order valence-corrected chi connectivity index (χ1v) is 9.70. The van der Waals surface area contributed by atoms with Gasteiger partial charge in [-0.2, -0.15) is 4.98 Å². The summed E-state index contributed by atoms with van der Waals surface area (Å²) < 4.78 is 11.3. The van der Waals surface area contributed by atoms with Crippen LogP contribution in [0.4, 0.5) is 0 Å². The van der Waals surface area contributed by atoms with E-state index in [1.54, 1.807) is 14.2 Å². The van der Waals surface area contributed by atoms with Crippen LogP contribution in [0.15, 0.2) is 12.1 Å². The van der Waals surface area contributed by atoms with Crippen molar-refractivity contribution in [3.05, 3.63) is 34.5 Å². The molecule has 0 bridgehead atoms. The van der Waals surface area contributed by atoms with Crippen LogP contribution in [0.25, 0.3) is 11.4 Å². The molecule has 5 nitrogen and oxygen atoms in total. The van der Waals surface area contributed by atoms with Crippen molar-refractivity contribution in [3.8, 4) is 23.0 Å². The fourth-order valence-corrected chi connectivity index (χ4v) is 4.02. The number of nitrogens with two attached hydrogens (primary N) is 1. The second-order valence-electron chi connectivity index (χ2n) is 7.83. The quantitative estimate of drug-likeness (QED) is 0.781. The molecule has 1 aliphatic rings. The highest BCUT2D eigenvalue weighted by molar-refractivity contribution is 5.70. The largest absolute Gasteiger partial charge is 0.496 e. The molecule has 1 aromatic carbocycles. The Balaban J connectivity index is 2.15. The summed E-state index contributed by atoms with van der Waals surface area (Å²) in [5.41, 5.74) is 11.3. The molecule has 2 aromatic rings. The highest BCUT2D eigenvalue weighted by Gasteiger charge is 2.38. The molecular weight excluding hydrogens is 338 g/mol. The summed E-state index contributed by atoms with van der Waals surface area (Å²) in [6, 6.07) is 4.12. The van der Waals surface area contributed by atoms with Gasteiger partial charge >= 0.3 is 0 Å². The molecule has 5 heteroatoms. The first-order chi connectivity index (χ1) is 12.8. The third-order valence-electron chi connectivity index (χ3n) is 5.62. The van der Waals surface area contributed by atoms with E-state index >= 15 is 0 Å². The van der Waals surface area contributed by atoms with Crippen molar-refractivity contribution in [1.82, 2.24) is 9.97 Å². The molecule has 1 aromatic heterocycles. The van der Waals surface area contributed by atoms with Crippen LogP contribution < -0.4 is 15.2 Å². The maximum absolute atomic E-state index is 6.85. The van der Waals surface area contributed by atoms with E-state index in [1.807, 2.05) is 13.0 Å². The topological polar surface area (TPSA) is 70.3 Å². The Labute approximate surface area is 162 Å². The average molecular weight is 370 g/mol. The van der Waals surface area contributed by atoms with Gasteiger partial charge in [0.25, 0.3) is 0 Å². The number of ether oxygens (including phenoxy) is 2. The summed E-state index contributed by atoms with van der Waals surface area (Å²) >= 11 is 0. The number of aromatic nitrogens is 2. The maximum atomic E-state index is 6.85. The first kappa shape index (κ1) is 19.6. The van der Waals surface area contributed by atoms with Gasteiger partial charge in [-0.05, 0) is 56.7 Å². The highest BCUT2D eigenvalue weighted by atomic mass is 16.5. The van der Waals surface area contributed by atoms with Gasteiger partial charge in [0.1, 0.15) is 5.75 Å². The van der Waals surface area contributed by atoms with Crippen molar-refractivity contribution < 1.29 is 9.47 Å². The van der Waals surface area contributed by atoms with Crippen LogP contribution in [-0.2, 0) is 5.54 Å². The van der Waals surface area contributed by atoms with Gasteiger partial charge in [0.2, 0.25) is 5.88 Å². The molecule has 0 amide bonds. The second kappa shape index (κ2) is 7.47. The number of aryl methyl sites for hydroxylation is 3. The number of benzene rings is 1. The Morgan fingerprint density at radius 2 is 1.81 bits per heavy atom. The average Bonchev–Trinajstić information content (AvgIpc) is 3.43. The predicted molar refractivity (Wildman–Crippen MR) is 108 cm³/mol. The van der Waals surface area contributed by atoms with Crippen LogP contribution >= 0.6 is 0 Å². The van der Waals surface area contributed by atoms with E-state index in [0.717, 1.165) is 46.5 Å². The van der Waals surface area contributed by atoms with Gasteiger partial charge in [-0.25, -0.2) is 4.98 Å². The van der Waals surface area contributed by atoms with Crippen molar-refractivity contribution in [2.75, 3.05) is 14.2 Å². The van der Waals surface area contributed by atoms with Gasteiger partial charge in [0.15, 0.2) is 5.82 Å². The summed E-state index contributed by atoms with van der Waals surface area (Å²) in [6.07, 6.45) is 4.31. The van der Waals surface area contributed by atoms with Crippen molar-refractivity contribution in [2.45, 2.75) is 58.9 Å². The zero-order valence-electron chi connectivity index (χ0n) is 17.3. The number of hydrogen-bond acceptors (Lipinski definition) is 5. The molecule has 27 heavy (non-hydrogen) atoms. The van der Waals surface area contributed by atoms with Crippen LogP contribution in [0.5, 0.6) is 11.6 Å². The molecule has 2 N–H and O–H groups in total. The molecule has 1 fully saturated rings. The van der Waals surface area contributed by atoms with Crippen LogP contribution in [0.3, 0.4) is 0 Å². The van der Waals surface area contributed by atoms with E-state index in [1.165, 1.54) is 12.8 Å². The Morgan fingerprint density at radius 1 is 1.11 bits per heavy atom. The monoisotopic (exact) mass is 369 g/mol. The van der Waals surface area contributed by atoms with E-state index in [0.29, 0.717) is 17.6 Å². The Kier molecular flexibility index (Phi) is 5.43. The number of methoxy groups -OCH3 is 2. The van der Waals surface area contributed by atoms with Crippen molar-refractivity contribution >= 4 is 0 Å². The lowest BCUT2D eigenvalue weighted by Crippen LogP contribution is -2.38. The van der Waals surface area contributed by atoms with E-state index in [2.05, 4.69) is 26.8 Å². The van der Waals surface area contributed by atoms with Crippen molar-refractivity contribution in [3.63, 3.8) is 0 Å². The molecule has 0 saturated heterocycles. The lowest BCUT2D eigenvalue weighted by molar-refractivity contribution is 0.329. The van der Waals surface area contributed by atoms with Crippen LogP contribution in [0, 0.1) is 26.7 Å². The molecule has 146 valence electrons. The summed E-state index contributed by atoms with van der Waals surface area (Å²) in [5, 5.41) is 0. The van der Waals surface area contributed by atoms with Crippen LogP contribution in [0.1, 0.15) is 55.0 Å². The molecule has 1 atom stereocenters. The standard InChI is InChI=1S/C22H31N3O2/c1-7-22(23,12-16-8-9-16)19-15(4)24-20(25-21(19)27-6)18-14(3)10-13(2)11-17(18)26-5/h10-11,16H,7-9,12,23H2,1-6H3. The van der Waals surface area contributed by atoms with E-state index in [-0.39, 0.29) is 0 Å². The predicted octanol–water partition coefficient (Wildman–Crippen LogP) is 4.45. The number of hydrogen-bond donors (Lipinski definition) is 1. The van der Waals surface area contributed by atoms with Crippen LogP contribution in [0.2, 0.25) is 0 Å². The fourth-order valence-electron chi connectivity index (χ4n) is 4.02. The maximum Gasteiger partial charge on any atom is 0.222 e. The lowest BCUT2D eigenvalue weighted by atomic mass is 9.82. The summed E-state index contributed by atoms with van der Waals surface area (Å²) in [4.78, 5) is 9.61. The van der Waals surface area contributed by atoms with Gasteiger partial charge in [-0.1, -0.05) is 25.8 Å². The molecule has 0 spiro atoms. The van der Waals surface area contributed by atoms with Gasteiger partial charge in [0, 0.05) is 5.54 Å². The van der Waals surface area contributed by atoms with E-state index in [4.69, 9.17) is 25.2 Å². The normalized spacial score (nSPS) is 16.1. The summed E-state index contributed by atoms with van der Waals surface area (Å²) in [6.45, 7) is 8.23. The summed E-state index contributed by atoms with van der Waals surface area (Å²) in [7, 11) is 3.33. The fraction of sp³-hybridized carbons (Fsp3) is 0.545. The third kappa shape index (κ3) is 3.79. The summed E-state index contributed by atoms with van der Waals surface area (Å²) in [5.74, 6) is 2.67. The van der Waals surface area contributed by atoms with E-state index < -0.39 is 5.54 Å². The third-order valence-corrected chi connectivity index (χ3v) is 5.62. The molecule has 0 aliphatic heterocycles. The minimum Gasteiger partial charge on any atom is -0.496 e. The van der Waals surface area contributed by atoms with Crippen LogP contribution in [-0.4, -0.2) is 24.2 Å². The smallest absolute Gasteiger partial charge is 0.222 e. The SMILES string of the molecule is CCC(N)(CC1CC1)c1c(C)nc(-c2c(C)cc(C)cc2OC)nc1OC. The Morgan fingerprint density at radius 3 is 2.37 bits per heavy atom. The molecular formula is C22H31N3O2. The van der Waals surface area contributed by atoms with E-state index in [9.17, 15) is 0 Å². The molecule has 3 rings (SSSR count). The molecule has 1 unspecified atom stereocenters. The lowest BCUT2D eigenvalue weighted by Gasteiger charge is -2.31. The van der Waals surface area contributed by atoms with Crippen molar-refractivity contribution in [1.29, 1.82) is 0 Å². The van der Waals surface area contributed by atoms with Crippen molar-refractivity contribution in [2.24, 2.45) is 11.7 Å². The zero-order valence-corrected chi connectivity index (χ0v) is 17.3. The molecule has 1 heterocycles. The number of rotatable bonds is 7. The molecule has 0 radical (unpaired) electrons. The highest BCUT2D eigenvalue weighted by Crippen LogP contribution is 2.44. The second-order valence-corrected chi connectivity index (χ2v) is 7.83. The minimum atomic E-state index is -0.457. The Bertz CT molecular complexity index is 846. The van der Waals surface area contributed by atoms with Gasteiger partial charge < -0.3 is 15.2 Å². The number of nitrogens with zero attached hydrogens (tertiary/aromatic N) is 2. The molecule has 1 aliphatic carbocycles. The van der Waals surface area contributed by atoms with Gasteiger partial charge in [-0.3, -0.25) is 0 Å². The Hall–Kier alpha value is -2.14. The minimum absolute atomic E-state index is 0.457. The zero-order chi connectivity index (χ0) is 19.8. The molecule has 1 saturated carbocycles.